The highest BCUT2D eigenvalue weighted by molar-refractivity contribution is 7.92. The molecule has 0 aliphatic carbocycles. The summed E-state index contributed by atoms with van der Waals surface area (Å²) in [6, 6.07) is 12.0. The van der Waals surface area contributed by atoms with E-state index in [1.807, 2.05) is 12.1 Å². The maximum absolute atomic E-state index is 13.2. The molecule has 0 saturated heterocycles. The highest BCUT2D eigenvalue weighted by atomic mass is 32.2. The number of nitrogens with one attached hydrogen (secondary N) is 1. The van der Waals surface area contributed by atoms with E-state index in [1.165, 1.54) is 12.1 Å². The van der Waals surface area contributed by atoms with Crippen molar-refractivity contribution in [3.05, 3.63) is 48.3 Å². The Labute approximate surface area is 181 Å². The lowest BCUT2D eigenvalue weighted by molar-refractivity contribution is 0.297. The Bertz CT molecular complexity index is 1210. The van der Waals surface area contributed by atoms with E-state index in [0.717, 1.165) is 44.5 Å². The van der Waals surface area contributed by atoms with Crippen LogP contribution in [0.2, 0.25) is 0 Å². The number of ether oxygens (including phenoxy) is 2. The molecule has 31 heavy (non-hydrogen) atoms. The highest BCUT2D eigenvalue weighted by Crippen LogP contribution is 2.34. The first-order valence-electron chi connectivity index (χ1n) is 10.6. The van der Waals surface area contributed by atoms with Gasteiger partial charge in [0.1, 0.15) is 5.82 Å². The largest absolute Gasteiger partial charge is 0.490 e. The van der Waals surface area contributed by atoms with E-state index < -0.39 is 10.0 Å². The summed E-state index contributed by atoms with van der Waals surface area (Å²) in [5, 5.41) is 8.73. The van der Waals surface area contributed by atoms with Crippen LogP contribution in [-0.2, 0) is 23.0 Å². The number of anilines is 1. The van der Waals surface area contributed by atoms with Gasteiger partial charge in [-0.25, -0.2) is 8.42 Å². The zero-order chi connectivity index (χ0) is 21.3. The molecule has 8 nitrogen and oxygen atoms in total. The second-order valence-corrected chi connectivity index (χ2v) is 9.39. The second kappa shape index (κ2) is 8.22. The predicted octanol–water partition coefficient (Wildman–Crippen LogP) is 3.63. The molecule has 162 valence electrons. The summed E-state index contributed by atoms with van der Waals surface area (Å²) < 4.78 is 42.5. The minimum atomic E-state index is -3.84. The Morgan fingerprint density at radius 3 is 2.65 bits per heavy atom. The summed E-state index contributed by atoms with van der Waals surface area (Å²) in [4.78, 5) is 0.117. The summed E-state index contributed by atoms with van der Waals surface area (Å²) in [6.45, 7) is 1.87. The van der Waals surface area contributed by atoms with Gasteiger partial charge in [-0.05, 0) is 37.1 Å². The van der Waals surface area contributed by atoms with Crippen LogP contribution in [0.15, 0.2) is 47.4 Å². The molecule has 3 heterocycles. The molecule has 5 rings (SSSR count). The average molecular weight is 441 g/mol. The highest BCUT2D eigenvalue weighted by Gasteiger charge is 2.23. The number of aromatic nitrogens is 3. The van der Waals surface area contributed by atoms with Crippen LogP contribution in [0.25, 0.3) is 11.4 Å². The molecule has 0 atom stereocenters. The molecule has 9 heteroatoms. The van der Waals surface area contributed by atoms with Crippen LogP contribution in [0.1, 0.15) is 31.5 Å². The van der Waals surface area contributed by atoms with Gasteiger partial charge in [0.15, 0.2) is 17.3 Å². The van der Waals surface area contributed by atoms with E-state index >= 15 is 0 Å². The van der Waals surface area contributed by atoms with Crippen LogP contribution >= 0.6 is 0 Å². The molecule has 3 aromatic rings. The topological polar surface area (TPSA) is 95.3 Å². The van der Waals surface area contributed by atoms with Crippen molar-refractivity contribution in [3.63, 3.8) is 0 Å². The number of benzene rings is 2. The zero-order valence-electron chi connectivity index (χ0n) is 17.1. The minimum absolute atomic E-state index is 0.117. The van der Waals surface area contributed by atoms with Gasteiger partial charge in [0.05, 0.1) is 23.8 Å². The number of sulfonamides is 1. The first kappa shape index (κ1) is 19.9. The number of para-hydroxylation sites is 1. The number of rotatable bonds is 4. The molecule has 0 saturated carbocycles. The first-order valence-corrected chi connectivity index (χ1v) is 12.0. The molecular formula is C22H24N4O4S. The van der Waals surface area contributed by atoms with Crippen LogP contribution in [-0.4, -0.2) is 36.4 Å². The van der Waals surface area contributed by atoms with Gasteiger partial charge in [-0.3, -0.25) is 4.72 Å². The molecule has 0 radical (unpaired) electrons. The van der Waals surface area contributed by atoms with E-state index in [9.17, 15) is 8.42 Å². The van der Waals surface area contributed by atoms with Gasteiger partial charge in [0.25, 0.3) is 10.0 Å². The standard InChI is InChI=1S/C22H24N4O4S/c27-31(28,16-10-11-19-20(15-16)30-14-6-13-29-19)25-18-8-4-3-7-17(18)22-24-23-21-9-2-1-5-12-26(21)22/h3-4,7-8,10-11,15,25H,1-2,5-6,9,12-14H2. The third-order valence-electron chi connectivity index (χ3n) is 5.55. The van der Waals surface area contributed by atoms with Crippen molar-refractivity contribution in [2.45, 2.75) is 43.5 Å². The third kappa shape index (κ3) is 3.97. The number of aryl methyl sites for hydroxylation is 1. The molecule has 1 aromatic heterocycles. The zero-order valence-corrected chi connectivity index (χ0v) is 17.9. The number of hydrogen-bond donors (Lipinski definition) is 1. The van der Waals surface area contributed by atoms with Crippen molar-refractivity contribution in [1.29, 1.82) is 0 Å². The normalized spacial score (nSPS) is 16.1. The van der Waals surface area contributed by atoms with Crippen molar-refractivity contribution < 1.29 is 17.9 Å². The molecule has 2 aliphatic rings. The van der Waals surface area contributed by atoms with Crippen molar-refractivity contribution in [1.82, 2.24) is 14.8 Å². The van der Waals surface area contributed by atoms with E-state index in [0.29, 0.717) is 41.8 Å². The Morgan fingerprint density at radius 2 is 1.74 bits per heavy atom. The fraction of sp³-hybridized carbons (Fsp3) is 0.364. The summed E-state index contributed by atoms with van der Waals surface area (Å²) in [5.41, 5.74) is 1.18. The van der Waals surface area contributed by atoms with Crippen LogP contribution < -0.4 is 14.2 Å². The lowest BCUT2D eigenvalue weighted by atomic mass is 10.1. The van der Waals surface area contributed by atoms with Gasteiger partial charge in [-0.2, -0.15) is 0 Å². The molecule has 0 spiro atoms. The SMILES string of the molecule is O=S(=O)(Nc1ccccc1-c1nnc2n1CCCCC2)c1ccc2c(c1)OCCCO2. The van der Waals surface area contributed by atoms with Gasteiger partial charge < -0.3 is 14.0 Å². The molecule has 1 N–H and O–H groups in total. The third-order valence-corrected chi connectivity index (χ3v) is 6.91. The predicted molar refractivity (Wildman–Crippen MR) is 116 cm³/mol. The number of fused-ring (bicyclic) bond motifs is 2. The quantitative estimate of drug-likeness (QED) is 0.666. The minimum Gasteiger partial charge on any atom is -0.490 e. The molecule has 0 unspecified atom stereocenters. The van der Waals surface area contributed by atoms with Gasteiger partial charge in [-0.15, -0.1) is 10.2 Å². The monoisotopic (exact) mass is 440 g/mol. The molecule has 0 fully saturated rings. The van der Waals surface area contributed by atoms with Crippen LogP contribution in [0, 0.1) is 0 Å². The van der Waals surface area contributed by atoms with Crippen LogP contribution in [0.3, 0.4) is 0 Å². The number of hydrogen-bond acceptors (Lipinski definition) is 6. The molecule has 0 bridgehead atoms. The molecular weight excluding hydrogens is 416 g/mol. The van der Waals surface area contributed by atoms with Crippen LogP contribution in [0.5, 0.6) is 11.5 Å². The number of nitrogens with zero attached hydrogens (tertiary/aromatic N) is 3. The average Bonchev–Trinajstić information content (AvgIpc) is 2.94. The van der Waals surface area contributed by atoms with E-state index in [1.54, 1.807) is 18.2 Å². The summed E-state index contributed by atoms with van der Waals surface area (Å²) in [6.07, 6.45) is 4.95. The lowest BCUT2D eigenvalue weighted by Crippen LogP contribution is -2.14. The smallest absolute Gasteiger partial charge is 0.262 e. The van der Waals surface area contributed by atoms with Gasteiger partial charge in [0.2, 0.25) is 0 Å². The summed E-state index contributed by atoms with van der Waals surface area (Å²) in [5.74, 6) is 2.64. The van der Waals surface area contributed by atoms with Crippen molar-refractivity contribution in [2.75, 3.05) is 17.9 Å². The van der Waals surface area contributed by atoms with Crippen molar-refractivity contribution >= 4 is 15.7 Å². The summed E-state index contributed by atoms with van der Waals surface area (Å²) >= 11 is 0. The molecule has 2 aliphatic heterocycles. The Kier molecular flexibility index (Phi) is 5.27. The summed E-state index contributed by atoms with van der Waals surface area (Å²) in [7, 11) is -3.84. The van der Waals surface area contributed by atoms with E-state index in [4.69, 9.17) is 9.47 Å². The Hall–Kier alpha value is -3.07. The fourth-order valence-electron chi connectivity index (χ4n) is 3.97. The van der Waals surface area contributed by atoms with Crippen molar-refractivity contribution in [2.24, 2.45) is 0 Å². The maximum Gasteiger partial charge on any atom is 0.262 e. The van der Waals surface area contributed by atoms with E-state index in [-0.39, 0.29) is 4.90 Å². The van der Waals surface area contributed by atoms with E-state index in [2.05, 4.69) is 19.5 Å². The fourth-order valence-corrected chi connectivity index (χ4v) is 5.06. The lowest BCUT2D eigenvalue weighted by Gasteiger charge is -2.14. The Morgan fingerprint density at radius 1 is 0.903 bits per heavy atom. The van der Waals surface area contributed by atoms with Gasteiger partial charge >= 0.3 is 0 Å². The molecule has 2 aromatic carbocycles. The van der Waals surface area contributed by atoms with Crippen LogP contribution in [0.4, 0.5) is 5.69 Å². The first-order chi connectivity index (χ1) is 15.1. The van der Waals surface area contributed by atoms with Gasteiger partial charge in [0, 0.05) is 31.0 Å². The van der Waals surface area contributed by atoms with Crippen molar-refractivity contribution in [3.8, 4) is 22.9 Å². The Balaban J connectivity index is 1.49. The van der Waals surface area contributed by atoms with Gasteiger partial charge in [-0.1, -0.05) is 18.6 Å². The maximum atomic E-state index is 13.2. The second-order valence-electron chi connectivity index (χ2n) is 7.71. The molecule has 0 amide bonds.